The Hall–Kier alpha value is -3.36. The number of thiazole rings is 1. The first-order valence-electron chi connectivity index (χ1n) is 10.5. The highest BCUT2D eigenvalue weighted by Gasteiger charge is 2.17. The fourth-order valence-corrected chi connectivity index (χ4v) is 4.71. The largest absolute Gasteiger partial charge is 0.493 e. The second-order valence-corrected chi connectivity index (χ2v) is 8.96. The number of rotatable bonds is 9. The van der Waals surface area contributed by atoms with Crippen LogP contribution in [0.3, 0.4) is 0 Å². The summed E-state index contributed by atoms with van der Waals surface area (Å²) in [5, 5.41) is 0. The van der Waals surface area contributed by atoms with E-state index < -0.39 is 0 Å². The van der Waals surface area contributed by atoms with Crippen LogP contribution in [0, 0.1) is 6.92 Å². The first-order chi connectivity index (χ1) is 16.0. The Balaban J connectivity index is 1.68. The first-order valence-corrected chi connectivity index (χ1v) is 11.4. The van der Waals surface area contributed by atoms with Gasteiger partial charge in [0, 0.05) is 36.8 Å². The number of hydrogen-bond donors (Lipinski definition) is 0. The van der Waals surface area contributed by atoms with Gasteiger partial charge in [0.1, 0.15) is 0 Å². The van der Waals surface area contributed by atoms with Crippen molar-refractivity contribution in [1.82, 2.24) is 14.3 Å². The van der Waals surface area contributed by atoms with E-state index in [-0.39, 0.29) is 5.56 Å². The zero-order valence-electron chi connectivity index (χ0n) is 19.2. The van der Waals surface area contributed by atoms with Crippen molar-refractivity contribution in [2.75, 3.05) is 21.3 Å². The molecular weight excluding hydrogens is 438 g/mol. The smallest absolute Gasteiger partial charge is 0.258 e. The van der Waals surface area contributed by atoms with Crippen molar-refractivity contribution in [2.45, 2.75) is 26.6 Å². The molecule has 0 bridgehead atoms. The monoisotopic (exact) mass is 465 g/mol. The van der Waals surface area contributed by atoms with Crippen LogP contribution in [0.4, 0.5) is 0 Å². The van der Waals surface area contributed by atoms with Crippen molar-refractivity contribution in [1.29, 1.82) is 0 Å². The molecule has 4 rings (SSSR count). The van der Waals surface area contributed by atoms with Crippen LogP contribution in [-0.4, -0.2) is 35.6 Å². The second-order valence-electron chi connectivity index (χ2n) is 7.74. The molecule has 8 heteroatoms. The Morgan fingerprint density at radius 1 is 0.909 bits per heavy atom. The number of methoxy groups -OCH3 is 3. The molecule has 0 spiro atoms. The molecule has 0 N–H and O–H groups in total. The van der Waals surface area contributed by atoms with Crippen molar-refractivity contribution in [3.05, 3.63) is 86.8 Å². The maximum atomic E-state index is 12.6. The van der Waals surface area contributed by atoms with E-state index in [1.54, 1.807) is 31.8 Å². The van der Waals surface area contributed by atoms with Gasteiger partial charge in [0.15, 0.2) is 16.5 Å². The molecule has 0 fully saturated rings. The molecule has 172 valence electrons. The van der Waals surface area contributed by atoms with Crippen molar-refractivity contribution >= 4 is 16.3 Å². The zero-order chi connectivity index (χ0) is 23.4. The first kappa shape index (κ1) is 22.8. The molecule has 0 aliphatic rings. The normalized spacial score (nSPS) is 11.2. The predicted molar refractivity (Wildman–Crippen MR) is 130 cm³/mol. The topological polar surface area (TPSA) is 65.3 Å². The lowest BCUT2D eigenvalue weighted by Gasteiger charge is -2.23. The van der Waals surface area contributed by atoms with Gasteiger partial charge < -0.3 is 14.2 Å². The van der Waals surface area contributed by atoms with Crippen LogP contribution < -0.4 is 19.8 Å². The summed E-state index contributed by atoms with van der Waals surface area (Å²) in [5.74, 6) is 1.78. The van der Waals surface area contributed by atoms with Crippen LogP contribution in [0.15, 0.2) is 59.5 Å². The molecule has 0 radical (unpaired) electrons. The molecule has 0 amide bonds. The van der Waals surface area contributed by atoms with E-state index in [1.807, 2.05) is 43.5 Å². The Labute approximate surface area is 196 Å². The van der Waals surface area contributed by atoms with E-state index in [9.17, 15) is 4.79 Å². The summed E-state index contributed by atoms with van der Waals surface area (Å²) in [7, 11) is 4.81. The van der Waals surface area contributed by atoms with Gasteiger partial charge in [0.05, 0.1) is 27.0 Å². The number of ether oxygens (including phenoxy) is 3. The van der Waals surface area contributed by atoms with E-state index in [2.05, 4.69) is 17.0 Å². The summed E-state index contributed by atoms with van der Waals surface area (Å²) in [4.78, 5) is 21.4. The summed E-state index contributed by atoms with van der Waals surface area (Å²) in [6.07, 6.45) is 1.83. The van der Waals surface area contributed by atoms with Gasteiger partial charge in [-0.05, 0) is 30.2 Å². The third-order valence-corrected chi connectivity index (χ3v) is 6.20. The van der Waals surface area contributed by atoms with Crippen LogP contribution in [0.1, 0.15) is 21.7 Å². The maximum absolute atomic E-state index is 12.6. The van der Waals surface area contributed by atoms with Crippen molar-refractivity contribution in [3.63, 3.8) is 0 Å². The SMILES string of the molecule is COc1cc(CN(Cc2ccccc2)Cc2cc(=O)n3cc(C)sc3n2)cc(OC)c1OC. The van der Waals surface area contributed by atoms with Gasteiger partial charge in [-0.2, -0.15) is 0 Å². The molecule has 2 heterocycles. The summed E-state index contributed by atoms with van der Waals surface area (Å²) in [6, 6.07) is 15.8. The number of hydrogen-bond acceptors (Lipinski definition) is 7. The van der Waals surface area contributed by atoms with Crippen molar-refractivity contribution in [3.8, 4) is 17.2 Å². The van der Waals surface area contributed by atoms with Gasteiger partial charge >= 0.3 is 0 Å². The van der Waals surface area contributed by atoms with Gasteiger partial charge in [-0.1, -0.05) is 30.3 Å². The maximum Gasteiger partial charge on any atom is 0.258 e. The second kappa shape index (κ2) is 10.1. The third kappa shape index (κ3) is 5.18. The van der Waals surface area contributed by atoms with Gasteiger partial charge in [-0.3, -0.25) is 14.1 Å². The zero-order valence-corrected chi connectivity index (χ0v) is 20.0. The van der Waals surface area contributed by atoms with Gasteiger partial charge in [0.2, 0.25) is 5.75 Å². The Bertz CT molecular complexity index is 1280. The van der Waals surface area contributed by atoms with E-state index >= 15 is 0 Å². The molecule has 0 aliphatic heterocycles. The number of aromatic nitrogens is 2. The van der Waals surface area contributed by atoms with Crippen LogP contribution in [-0.2, 0) is 19.6 Å². The van der Waals surface area contributed by atoms with Crippen LogP contribution in [0.2, 0.25) is 0 Å². The quantitative estimate of drug-likeness (QED) is 0.367. The number of nitrogens with zero attached hydrogens (tertiary/aromatic N) is 3. The number of aryl methyl sites for hydroxylation is 1. The van der Waals surface area contributed by atoms with Crippen LogP contribution >= 0.6 is 11.3 Å². The lowest BCUT2D eigenvalue weighted by Crippen LogP contribution is -2.24. The van der Waals surface area contributed by atoms with Crippen LogP contribution in [0.25, 0.3) is 4.96 Å². The van der Waals surface area contributed by atoms with Gasteiger partial charge in [-0.25, -0.2) is 4.98 Å². The fourth-order valence-electron chi connectivity index (χ4n) is 3.86. The third-order valence-electron chi connectivity index (χ3n) is 5.30. The van der Waals surface area contributed by atoms with E-state index in [1.165, 1.54) is 16.9 Å². The van der Waals surface area contributed by atoms with Crippen molar-refractivity contribution < 1.29 is 14.2 Å². The van der Waals surface area contributed by atoms with Crippen molar-refractivity contribution in [2.24, 2.45) is 0 Å². The fraction of sp³-hybridized carbons (Fsp3) is 0.280. The minimum atomic E-state index is -0.0632. The molecule has 33 heavy (non-hydrogen) atoms. The van der Waals surface area contributed by atoms with Gasteiger partial charge in [0.25, 0.3) is 5.56 Å². The highest BCUT2D eigenvalue weighted by molar-refractivity contribution is 7.16. The molecule has 2 aromatic carbocycles. The van der Waals surface area contributed by atoms with Gasteiger partial charge in [-0.15, -0.1) is 11.3 Å². The molecule has 0 atom stereocenters. The summed E-state index contributed by atoms with van der Waals surface area (Å²) in [5.41, 5.74) is 2.86. The Morgan fingerprint density at radius 2 is 1.58 bits per heavy atom. The minimum Gasteiger partial charge on any atom is -0.493 e. The minimum absolute atomic E-state index is 0.0632. The predicted octanol–water partition coefficient (Wildman–Crippen LogP) is 4.29. The standard InChI is InChI=1S/C25H27N3O4S/c1-17-13-28-23(29)12-20(26-25(28)33-17)16-27(14-18-8-6-5-7-9-18)15-19-10-21(30-2)24(32-4)22(11-19)31-3/h5-13H,14-16H2,1-4H3. The molecule has 4 aromatic rings. The van der Waals surface area contributed by atoms with E-state index in [0.717, 1.165) is 16.1 Å². The molecule has 0 unspecified atom stereocenters. The van der Waals surface area contributed by atoms with Crippen LogP contribution in [0.5, 0.6) is 17.2 Å². The summed E-state index contributed by atoms with van der Waals surface area (Å²) >= 11 is 1.52. The lowest BCUT2D eigenvalue weighted by molar-refractivity contribution is 0.243. The average molecular weight is 466 g/mol. The number of benzene rings is 2. The van der Waals surface area contributed by atoms with E-state index in [0.29, 0.717) is 41.8 Å². The van der Waals surface area contributed by atoms with E-state index in [4.69, 9.17) is 19.2 Å². The Morgan fingerprint density at radius 3 is 2.21 bits per heavy atom. The molecule has 0 saturated heterocycles. The highest BCUT2D eigenvalue weighted by atomic mass is 32.1. The molecule has 0 aliphatic carbocycles. The summed E-state index contributed by atoms with van der Waals surface area (Å²) < 4.78 is 18.1. The summed E-state index contributed by atoms with van der Waals surface area (Å²) in [6.45, 7) is 3.80. The lowest BCUT2D eigenvalue weighted by atomic mass is 10.1. The molecule has 0 saturated carbocycles. The molecule has 7 nitrogen and oxygen atoms in total. The highest BCUT2D eigenvalue weighted by Crippen LogP contribution is 2.38. The average Bonchev–Trinajstić information content (AvgIpc) is 3.19. The molecular formula is C25H27N3O4S. The number of fused-ring (bicyclic) bond motifs is 1. The molecule has 2 aromatic heterocycles. The Kier molecular flexibility index (Phi) is 6.96.